The summed E-state index contributed by atoms with van der Waals surface area (Å²) in [6.45, 7) is 8.21. The van der Waals surface area contributed by atoms with E-state index in [9.17, 15) is 9.59 Å². The van der Waals surface area contributed by atoms with Crippen LogP contribution in [0.5, 0.6) is 0 Å². The third-order valence-electron chi connectivity index (χ3n) is 7.37. The Kier molecular flexibility index (Phi) is 12.2. The maximum Gasteiger partial charge on any atom is 0.283 e. The van der Waals surface area contributed by atoms with Gasteiger partial charge in [0.2, 0.25) is 0 Å². The molecule has 0 fully saturated rings. The second-order valence-electron chi connectivity index (χ2n) is 11.7. The van der Waals surface area contributed by atoms with Gasteiger partial charge in [0.1, 0.15) is 28.7 Å². The van der Waals surface area contributed by atoms with Crippen molar-refractivity contribution in [3.63, 3.8) is 0 Å². The zero-order chi connectivity index (χ0) is 35.3. The van der Waals surface area contributed by atoms with E-state index in [0.29, 0.717) is 36.5 Å². The predicted molar refractivity (Wildman–Crippen MR) is 205 cm³/mol. The second kappa shape index (κ2) is 15.9. The number of thiophene rings is 2. The molecule has 0 aliphatic heterocycles. The first kappa shape index (κ1) is 36.8. The number of fused-ring (bicyclic) bond motifs is 2. The van der Waals surface area contributed by atoms with Crippen LogP contribution < -0.4 is 17.0 Å². The molecule has 0 unspecified atom stereocenters. The van der Waals surface area contributed by atoms with Crippen LogP contribution in [0.2, 0.25) is 10.0 Å². The number of benzene rings is 2. The van der Waals surface area contributed by atoms with E-state index in [4.69, 9.17) is 29.0 Å². The number of halogens is 2. The Bertz CT molecular complexity index is 2190. The molecular formula is C34H38Cl2N8O2S2. The highest BCUT2D eigenvalue weighted by molar-refractivity contribution is 7.17. The van der Waals surface area contributed by atoms with Gasteiger partial charge in [-0.2, -0.15) is 9.78 Å². The smallest absolute Gasteiger partial charge is 0.283 e. The van der Waals surface area contributed by atoms with Crippen LogP contribution in [0.3, 0.4) is 0 Å². The van der Waals surface area contributed by atoms with Gasteiger partial charge in [0, 0.05) is 52.1 Å². The topological polar surface area (TPSA) is 115 Å². The molecule has 0 aliphatic rings. The summed E-state index contributed by atoms with van der Waals surface area (Å²) >= 11 is 15.0. The average Bonchev–Trinajstić information content (AvgIpc) is 3.68. The normalized spacial score (nSPS) is 11.2. The molecular weight excluding hydrogens is 687 g/mol. The Labute approximate surface area is 297 Å². The van der Waals surface area contributed by atoms with Crippen LogP contribution in [0.25, 0.3) is 42.7 Å². The van der Waals surface area contributed by atoms with Crippen molar-refractivity contribution < 1.29 is 0 Å². The predicted octanol–water partition coefficient (Wildman–Crippen LogP) is 7.20. The highest BCUT2D eigenvalue weighted by atomic mass is 35.5. The Hall–Kier alpha value is -4.07. The SMILES string of the molecule is CC(C)N(C)C.Cc1cc(-c2csc3ncn(/N=C/N(C)C)c(=O)c23)ccc1Cl.Cc1cc(-c2csc3ncn(N)c(=O)c23)ccc1Cl. The molecule has 0 aliphatic carbocycles. The van der Waals surface area contributed by atoms with Crippen LogP contribution in [0, 0.1) is 13.8 Å². The van der Waals surface area contributed by atoms with Gasteiger partial charge in [-0.05, 0) is 88.3 Å². The third kappa shape index (κ3) is 8.50. The first-order valence-corrected chi connectivity index (χ1v) is 17.3. The van der Waals surface area contributed by atoms with Gasteiger partial charge in [-0.3, -0.25) is 9.59 Å². The van der Waals surface area contributed by atoms with E-state index in [2.05, 4.69) is 47.9 Å². The first-order valence-electron chi connectivity index (χ1n) is 14.8. The summed E-state index contributed by atoms with van der Waals surface area (Å²) < 4.78 is 2.25. The van der Waals surface area contributed by atoms with E-state index >= 15 is 0 Å². The zero-order valence-electron chi connectivity index (χ0n) is 28.0. The molecule has 4 heterocycles. The fourth-order valence-electron chi connectivity index (χ4n) is 4.16. The summed E-state index contributed by atoms with van der Waals surface area (Å²) in [6.07, 6.45) is 4.34. The maximum atomic E-state index is 12.7. The molecule has 0 bridgehead atoms. The number of nitrogens with zero attached hydrogens (tertiary/aromatic N) is 7. The van der Waals surface area contributed by atoms with Gasteiger partial charge in [-0.1, -0.05) is 35.3 Å². The van der Waals surface area contributed by atoms with Crippen molar-refractivity contribution >= 4 is 72.6 Å². The van der Waals surface area contributed by atoms with Gasteiger partial charge >= 0.3 is 0 Å². The van der Waals surface area contributed by atoms with E-state index in [1.807, 2.05) is 75.1 Å². The Morgan fingerprint density at radius 1 is 0.812 bits per heavy atom. The summed E-state index contributed by atoms with van der Waals surface area (Å²) in [6, 6.07) is 12.1. The summed E-state index contributed by atoms with van der Waals surface area (Å²) in [7, 11) is 7.83. The zero-order valence-corrected chi connectivity index (χ0v) is 31.2. The van der Waals surface area contributed by atoms with Crippen LogP contribution in [-0.4, -0.2) is 69.7 Å². The number of rotatable bonds is 5. The van der Waals surface area contributed by atoms with Crippen molar-refractivity contribution in [1.29, 1.82) is 0 Å². The molecule has 0 spiro atoms. The Morgan fingerprint density at radius 2 is 1.27 bits per heavy atom. The van der Waals surface area contributed by atoms with Gasteiger partial charge in [0.15, 0.2) is 0 Å². The van der Waals surface area contributed by atoms with Crippen LogP contribution in [0.4, 0.5) is 0 Å². The monoisotopic (exact) mass is 724 g/mol. The minimum absolute atomic E-state index is 0.183. The van der Waals surface area contributed by atoms with Crippen molar-refractivity contribution in [2.75, 3.05) is 34.0 Å². The van der Waals surface area contributed by atoms with Gasteiger partial charge in [-0.15, -0.1) is 22.7 Å². The number of aryl methyl sites for hydroxylation is 2. The highest BCUT2D eigenvalue weighted by Crippen LogP contribution is 2.33. The highest BCUT2D eigenvalue weighted by Gasteiger charge is 2.15. The Morgan fingerprint density at radius 3 is 1.71 bits per heavy atom. The van der Waals surface area contributed by atoms with E-state index in [-0.39, 0.29) is 11.1 Å². The summed E-state index contributed by atoms with van der Waals surface area (Å²) in [5, 5.41) is 10.5. The molecule has 0 radical (unpaired) electrons. The van der Waals surface area contributed by atoms with E-state index in [1.165, 1.54) is 40.0 Å². The van der Waals surface area contributed by atoms with Crippen LogP contribution in [0.15, 0.2) is 74.5 Å². The van der Waals surface area contributed by atoms with Crippen molar-refractivity contribution in [2.24, 2.45) is 5.10 Å². The lowest BCUT2D eigenvalue weighted by molar-refractivity contribution is 0.335. The number of aromatic nitrogens is 4. The largest absolute Gasteiger partial charge is 0.367 e. The standard InChI is InChI=1S/C16H15ClN4OS.C13H10ClN3OS.C5H13N/c1-10-6-11(4-5-13(10)17)12-7-23-15-14(12)16(22)21(8-18-15)19-9-20(2)3;1-7-4-8(2-3-10(7)14)9-5-19-12-11(9)13(18)17(15)6-16-12;1-5(2)6(3)4/h4-9H,1-3H3;2-6H,15H2,1H3;5H,1-4H3/b19-9+;;. The fraction of sp³-hybridized carbons (Fsp3) is 0.265. The first-order chi connectivity index (χ1) is 22.7. The summed E-state index contributed by atoms with van der Waals surface area (Å²) in [5.41, 5.74) is 5.11. The van der Waals surface area contributed by atoms with E-state index in [1.54, 1.807) is 11.2 Å². The lowest BCUT2D eigenvalue weighted by Crippen LogP contribution is -2.26. The lowest BCUT2D eigenvalue weighted by Gasteiger charge is -2.12. The molecule has 0 atom stereocenters. The molecule has 252 valence electrons. The van der Waals surface area contributed by atoms with Crippen molar-refractivity contribution in [3.8, 4) is 22.3 Å². The van der Waals surface area contributed by atoms with Crippen molar-refractivity contribution in [2.45, 2.75) is 33.7 Å². The molecule has 0 saturated carbocycles. The van der Waals surface area contributed by atoms with Gasteiger partial charge in [0.25, 0.3) is 11.1 Å². The van der Waals surface area contributed by atoms with E-state index in [0.717, 1.165) is 38.1 Å². The minimum Gasteiger partial charge on any atom is -0.367 e. The number of hydrogen-bond donors (Lipinski definition) is 1. The number of nitrogen functional groups attached to an aromatic ring is 1. The minimum atomic E-state index is -0.242. The molecule has 14 heteroatoms. The number of nitrogens with two attached hydrogens (primary N) is 1. The van der Waals surface area contributed by atoms with E-state index < -0.39 is 0 Å². The molecule has 0 saturated heterocycles. The van der Waals surface area contributed by atoms with Gasteiger partial charge in [0.05, 0.1) is 10.8 Å². The third-order valence-corrected chi connectivity index (χ3v) is 10.00. The quantitative estimate of drug-likeness (QED) is 0.114. The molecule has 4 aromatic heterocycles. The number of hydrogen-bond acceptors (Lipinski definition) is 9. The maximum absolute atomic E-state index is 12.7. The molecule has 6 aromatic rings. The Balaban J connectivity index is 0.000000188. The molecule has 6 rings (SSSR count). The summed E-state index contributed by atoms with van der Waals surface area (Å²) in [5.74, 6) is 5.57. The van der Waals surface area contributed by atoms with Crippen molar-refractivity contribution in [3.05, 3.63) is 102 Å². The second-order valence-corrected chi connectivity index (χ2v) is 14.2. The molecule has 48 heavy (non-hydrogen) atoms. The van der Waals surface area contributed by atoms with Crippen LogP contribution in [0.1, 0.15) is 25.0 Å². The molecule has 2 aromatic carbocycles. The van der Waals surface area contributed by atoms with Crippen molar-refractivity contribution in [1.82, 2.24) is 29.1 Å². The fourth-order valence-corrected chi connectivity index (χ4v) is 6.21. The van der Waals surface area contributed by atoms with Crippen LogP contribution in [-0.2, 0) is 0 Å². The molecule has 0 amide bonds. The van der Waals surface area contributed by atoms with Gasteiger partial charge in [-0.25, -0.2) is 14.6 Å². The average molecular weight is 726 g/mol. The summed E-state index contributed by atoms with van der Waals surface area (Å²) in [4.78, 5) is 38.6. The molecule has 10 nitrogen and oxygen atoms in total. The molecule has 2 N–H and O–H groups in total. The lowest BCUT2D eigenvalue weighted by atomic mass is 10.0. The van der Waals surface area contributed by atoms with Gasteiger partial charge < -0.3 is 15.6 Å². The van der Waals surface area contributed by atoms with Crippen LogP contribution >= 0.6 is 45.9 Å².